The van der Waals surface area contributed by atoms with Crippen molar-refractivity contribution >= 4 is 15.9 Å². The summed E-state index contributed by atoms with van der Waals surface area (Å²) in [6.07, 6.45) is 3.44. The van der Waals surface area contributed by atoms with Crippen molar-refractivity contribution in [2.75, 3.05) is 7.05 Å². The molecule has 0 fully saturated rings. The van der Waals surface area contributed by atoms with Gasteiger partial charge in [0.15, 0.2) is 0 Å². The number of halogens is 2. The third kappa shape index (κ3) is 2.70. The summed E-state index contributed by atoms with van der Waals surface area (Å²) in [6.45, 7) is 0. The molecule has 0 amide bonds. The van der Waals surface area contributed by atoms with Crippen LogP contribution >= 0.6 is 15.9 Å². The molecule has 1 N–H and O–H groups in total. The van der Waals surface area contributed by atoms with E-state index in [0.717, 1.165) is 10.0 Å². The minimum atomic E-state index is -0.234. The second kappa shape index (κ2) is 5.38. The second-order valence-electron chi connectivity index (χ2n) is 3.67. The molecule has 2 rings (SSSR count). The van der Waals surface area contributed by atoms with Gasteiger partial charge >= 0.3 is 0 Å². The fraction of sp³-hybridized carbons (Fsp3) is 0.154. The standard InChI is InChI=1S/C13H12BrFN2/c1-16-13(9-3-2-6-17-8-9)11-5-4-10(14)7-12(11)15/h2-8,13,16H,1H3. The molecule has 1 heterocycles. The molecule has 2 aromatic rings. The van der Waals surface area contributed by atoms with Crippen LogP contribution in [-0.4, -0.2) is 12.0 Å². The second-order valence-corrected chi connectivity index (χ2v) is 4.59. The molecule has 1 unspecified atom stereocenters. The lowest BCUT2D eigenvalue weighted by Crippen LogP contribution is -2.19. The largest absolute Gasteiger partial charge is 0.309 e. The molecule has 0 aliphatic heterocycles. The fourth-order valence-corrected chi connectivity index (χ4v) is 2.12. The van der Waals surface area contributed by atoms with Crippen molar-refractivity contribution in [1.29, 1.82) is 0 Å². The van der Waals surface area contributed by atoms with Gasteiger partial charge in [0.2, 0.25) is 0 Å². The van der Waals surface area contributed by atoms with Crippen LogP contribution in [0.1, 0.15) is 17.2 Å². The Kier molecular flexibility index (Phi) is 3.86. The van der Waals surface area contributed by atoms with Gasteiger partial charge in [-0.2, -0.15) is 0 Å². The lowest BCUT2D eigenvalue weighted by Gasteiger charge is -2.17. The van der Waals surface area contributed by atoms with Gasteiger partial charge in [0, 0.05) is 22.4 Å². The van der Waals surface area contributed by atoms with E-state index in [9.17, 15) is 4.39 Å². The molecular formula is C13H12BrFN2. The molecule has 17 heavy (non-hydrogen) atoms. The number of nitrogens with one attached hydrogen (secondary N) is 1. The van der Waals surface area contributed by atoms with Crippen molar-refractivity contribution < 1.29 is 4.39 Å². The monoisotopic (exact) mass is 294 g/mol. The third-order valence-electron chi connectivity index (χ3n) is 2.58. The van der Waals surface area contributed by atoms with E-state index in [1.807, 2.05) is 18.2 Å². The topological polar surface area (TPSA) is 24.9 Å². The van der Waals surface area contributed by atoms with Crippen LogP contribution < -0.4 is 5.32 Å². The summed E-state index contributed by atoms with van der Waals surface area (Å²) in [5, 5.41) is 3.10. The summed E-state index contributed by atoms with van der Waals surface area (Å²) >= 11 is 3.25. The summed E-state index contributed by atoms with van der Waals surface area (Å²) in [7, 11) is 1.80. The predicted molar refractivity (Wildman–Crippen MR) is 69.2 cm³/mol. The Hall–Kier alpha value is -1.26. The highest BCUT2D eigenvalue weighted by atomic mass is 79.9. The zero-order chi connectivity index (χ0) is 12.3. The smallest absolute Gasteiger partial charge is 0.129 e. The molecule has 88 valence electrons. The van der Waals surface area contributed by atoms with Crippen LogP contribution in [-0.2, 0) is 0 Å². The molecule has 2 nitrogen and oxygen atoms in total. The van der Waals surface area contributed by atoms with E-state index < -0.39 is 0 Å². The van der Waals surface area contributed by atoms with Gasteiger partial charge in [-0.1, -0.05) is 28.1 Å². The molecule has 0 aliphatic carbocycles. The van der Waals surface area contributed by atoms with Crippen molar-refractivity contribution in [1.82, 2.24) is 10.3 Å². The van der Waals surface area contributed by atoms with Gasteiger partial charge in [-0.15, -0.1) is 0 Å². The minimum Gasteiger partial charge on any atom is -0.309 e. The molecule has 0 bridgehead atoms. The molecular weight excluding hydrogens is 283 g/mol. The molecule has 0 saturated heterocycles. The van der Waals surface area contributed by atoms with Crippen molar-refractivity contribution in [3.8, 4) is 0 Å². The van der Waals surface area contributed by atoms with Gasteiger partial charge < -0.3 is 5.32 Å². The zero-order valence-electron chi connectivity index (χ0n) is 9.32. The number of hydrogen-bond acceptors (Lipinski definition) is 2. The van der Waals surface area contributed by atoms with Gasteiger partial charge in [-0.25, -0.2) is 4.39 Å². The van der Waals surface area contributed by atoms with Crippen LogP contribution in [0, 0.1) is 5.82 Å². The molecule has 1 aromatic carbocycles. The van der Waals surface area contributed by atoms with E-state index >= 15 is 0 Å². The molecule has 1 atom stereocenters. The van der Waals surface area contributed by atoms with E-state index in [4.69, 9.17) is 0 Å². The highest BCUT2D eigenvalue weighted by Crippen LogP contribution is 2.25. The van der Waals surface area contributed by atoms with Gasteiger partial charge in [0.25, 0.3) is 0 Å². The Morgan fingerprint density at radius 2 is 2.18 bits per heavy atom. The summed E-state index contributed by atoms with van der Waals surface area (Å²) in [5.74, 6) is -0.234. The van der Waals surface area contributed by atoms with Crippen molar-refractivity contribution in [3.05, 3.63) is 64.1 Å². The molecule has 1 aromatic heterocycles. The lowest BCUT2D eigenvalue weighted by atomic mass is 10.00. The number of rotatable bonds is 3. The minimum absolute atomic E-state index is 0.184. The van der Waals surface area contributed by atoms with E-state index in [2.05, 4.69) is 26.2 Å². The predicted octanol–water partition coefficient (Wildman–Crippen LogP) is 3.29. The van der Waals surface area contributed by atoms with E-state index in [1.165, 1.54) is 6.07 Å². The van der Waals surface area contributed by atoms with Crippen LogP contribution in [0.25, 0.3) is 0 Å². The lowest BCUT2D eigenvalue weighted by molar-refractivity contribution is 0.575. The quantitative estimate of drug-likeness (QED) is 0.940. The average Bonchev–Trinajstić information content (AvgIpc) is 2.34. The number of aromatic nitrogens is 1. The molecule has 0 aliphatic rings. The SMILES string of the molecule is CNC(c1cccnc1)c1ccc(Br)cc1F. The van der Waals surface area contributed by atoms with E-state index in [1.54, 1.807) is 25.5 Å². The maximum Gasteiger partial charge on any atom is 0.129 e. The first-order valence-corrected chi connectivity index (χ1v) is 6.04. The molecule has 0 radical (unpaired) electrons. The van der Waals surface area contributed by atoms with Crippen LogP contribution in [0.5, 0.6) is 0 Å². The first kappa shape index (κ1) is 12.2. The van der Waals surface area contributed by atoms with Crippen LogP contribution in [0.15, 0.2) is 47.2 Å². The van der Waals surface area contributed by atoms with Crippen LogP contribution in [0.4, 0.5) is 4.39 Å². The first-order chi connectivity index (χ1) is 8.22. The van der Waals surface area contributed by atoms with Gasteiger partial charge in [0.05, 0.1) is 6.04 Å². The normalized spacial score (nSPS) is 12.4. The Balaban J connectivity index is 2.42. The van der Waals surface area contributed by atoms with Gasteiger partial charge in [-0.3, -0.25) is 4.98 Å². The number of nitrogens with zero attached hydrogens (tertiary/aromatic N) is 1. The van der Waals surface area contributed by atoms with Crippen molar-refractivity contribution in [2.24, 2.45) is 0 Å². The summed E-state index contributed by atoms with van der Waals surface area (Å²) < 4.78 is 14.6. The summed E-state index contributed by atoms with van der Waals surface area (Å²) in [5.41, 5.74) is 1.56. The van der Waals surface area contributed by atoms with Crippen molar-refractivity contribution in [3.63, 3.8) is 0 Å². The molecule has 4 heteroatoms. The first-order valence-electron chi connectivity index (χ1n) is 5.24. The van der Waals surface area contributed by atoms with Crippen LogP contribution in [0.2, 0.25) is 0 Å². The Bertz CT molecular complexity index is 502. The summed E-state index contributed by atoms with van der Waals surface area (Å²) in [6, 6.07) is 8.66. The number of hydrogen-bond donors (Lipinski definition) is 1. The Morgan fingerprint density at radius 3 is 2.76 bits per heavy atom. The number of pyridine rings is 1. The molecule has 0 spiro atoms. The van der Waals surface area contributed by atoms with Gasteiger partial charge in [-0.05, 0) is 30.8 Å². The summed E-state index contributed by atoms with van der Waals surface area (Å²) in [4.78, 5) is 4.05. The fourth-order valence-electron chi connectivity index (χ4n) is 1.78. The Labute approximate surface area is 108 Å². The maximum atomic E-state index is 13.9. The van der Waals surface area contributed by atoms with Crippen molar-refractivity contribution in [2.45, 2.75) is 6.04 Å². The highest BCUT2D eigenvalue weighted by Gasteiger charge is 2.16. The Morgan fingerprint density at radius 1 is 1.35 bits per heavy atom. The third-order valence-corrected chi connectivity index (χ3v) is 3.07. The average molecular weight is 295 g/mol. The molecule has 0 saturated carbocycles. The van der Waals surface area contributed by atoms with E-state index in [0.29, 0.717) is 5.56 Å². The van der Waals surface area contributed by atoms with E-state index in [-0.39, 0.29) is 11.9 Å². The van der Waals surface area contributed by atoms with Gasteiger partial charge in [0.1, 0.15) is 5.82 Å². The van der Waals surface area contributed by atoms with Crippen LogP contribution in [0.3, 0.4) is 0 Å². The number of benzene rings is 1. The highest BCUT2D eigenvalue weighted by molar-refractivity contribution is 9.10. The zero-order valence-corrected chi connectivity index (χ0v) is 10.9. The maximum absolute atomic E-state index is 13.9.